The van der Waals surface area contributed by atoms with Crippen molar-refractivity contribution >= 4 is 5.95 Å². The van der Waals surface area contributed by atoms with Gasteiger partial charge in [-0.25, -0.2) is 4.98 Å². The molecule has 0 bridgehead atoms. The number of nitrogens with zero attached hydrogens (tertiary/aromatic N) is 1. The van der Waals surface area contributed by atoms with Crippen LogP contribution >= 0.6 is 0 Å². The number of ether oxygens (including phenoxy) is 2. The number of hydrogen-bond donors (Lipinski definition) is 2. The number of unbranched alkanes of at least 4 members (excludes halogenated alkanes) is 1. The summed E-state index contributed by atoms with van der Waals surface area (Å²) in [6, 6.07) is 7.32. The highest BCUT2D eigenvalue weighted by molar-refractivity contribution is 5.45. The average molecular weight is 301 g/mol. The summed E-state index contributed by atoms with van der Waals surface area (Å²) in [6.07, 6.45) is 2.92. The molecule has 6 nitrogen and oxygen atoms in total. The Kier molecular flexibility index (Phi) is 4.27. The van der Waals surface area contributed by atoms with Crippen molar-refractivity contribution in [3.8, 4) is 11.5 Å². The van der Waals surface area contributed by atoms with E-state index in [-0.39, 0.29) is 12.4 Å². The first-order valence-corrected chi connectivity index (χ1v) is 7.47. The minimum atomic E-state index is -0.130. The van der Waals surface area contributed by atoms with Gasteiger partial charge in [0.25, 0.3) is 5.56 Å². The van der Waals surface area contributed by atoms with Crippen molar-refractivity contribution in [2.45, 2.75) is 32.7 Å². The zero-order valence-corrected chi connectivity index (χ0v) is 12.5. The zero-order chi connectivity index (χ0) is 15.4. The lowest BCUT2D eigenvalue weighted by atomic mass is 10.2. The second-order valence-electron chi connectivity index (χ2n) is 5.23. The third kappa shape index (κ3) is 3.39. The lowest BCUT2D eigenvalue weighted by Gasteiger charge is -2.08. The normalized spacial score (nSPS) is 12.4. The molecule has 0 saturated heterocycles. The van der Waals surface area contributed by atoms with Gasteiger partial charge in [-0.3, -0.25) is 9.78 Å². The number of aromatic amines is 1. The van der Waals surface area contributed by atoms with Crippen LogP contribution in [0.5, 0.6) is 11.5 Å². The van der Waals surface area contributed by atoms with Crippen LogP contribution in [-0.4, -0.2) is 16.8 Å². The van der Waals surface area contributed by atoms with E-state index in [0.29, 0.717) is 12.5 Å². The first kappa shape index (κ1) is 14.4. The van der Waals surface area contributed by atoms with Crippen molar-refractivity contribution in [3.63, 3.8) is 0 Å². The Morgan fingerprint density at radius 3 is 3.00 bits per heavy atom. The predicted molar refractivity (Wildman–Crippen MR) is 83.4 cm³/mol. The van der Waals surface area contributed by atoms with Crippen LogP contribution in [0.25, 0.3) is 0 Å². The second kappa shape index (κ2) is 6.51. The Morgan fingerprint density at radius 1 is 1.27 bits per heavy atom. The topological polar surface area (TPSA) is 76.2 Å². The molecule has 2 heterocycles. The molecule has 1 aliphatic rings. The molecule has 2 N–H and O–H groups in total. The van der Waals surface area contributed by atoms with Gasteiger partial charge in [0.15, 0.2) is 11.5 Å². The van der Waals surface area contributed by atoms with Gasteiger partial charge >= 0.3 is 0 Å². The molecule has 0 saturated carbocycles. The Labute approximate surface area is 128 Å². The van der Waals surface area contributed by atoms with Gasteiger partial charge in [-0.2, -0.15) is 0 Å². The van der Waals surface area contributed by atoms with Crippen LogP contribution in [0.2, 0.25) is 0 Å². The van der Waals surface area contributed by atoms with Gasteiger partial charge in [0.05, 0.1) is 0 Å². The maximum absolute atomic E-state index is 11.7. The molecule has 0 radical (unpaired) electrons. The summed E-state index contributed by atoms with van der Waals surface area (Å²) in [6.45, 7) is 2.93. The van der Waals surface area contributed by atoms with E-state index in [1.165, 1.54) is 0 Å². The van der Waals surface area contributed by atoms with E-state index in [2.05, 4.69) is 22.2 Å². The molecule has 0 atom stereocenters. The largest absolute Gasteiger partial charge is 0.454 e. The Morgan fingerprint density at radius 2 is 2.14 bits per heavy atom. The number of fused-ring (bicyclic) bond motifs is 1. The van der Waals surface area contributed by atoms with Crippen molar-refractivity contribution in [3.05, 3.63) is 45.9 Å². The fourth-order valence-electron chi connectivity index (χ4n) is 2.31. The number of H-pyrrole nitrogens is 1. The van der Waals surface area contributed by atoms with E-state index >= 15 is 0 Å². The Balaban J connectivity index is 1.68. The van der Waals surface area contributed by atoms with E-state index in [4.69, 9.17) is 9.47 Å². The van der Waals surface area contributed by atoms with E-state index in [0.717, 1.165) is 42.0 Å². The van der Waals surface area contributed by atoms with Crippen LogP contribution < -0.4 is 20.3 Å². The Hall–Kier alpha value is -2.50. The van der Waals surface area contributed by atoms with Gasteiger partial charge in [0.2, 0.25) is 12.7 Å². The van der Waals surface area contributed by atoms with E-state index in [9.17, 15) is 4.79 Å². The molecule has 1 aromatic heterocycles. The van der Waals surface area contributed by atoms with Crippen LogP contribution in [0.4, 0.5) is 5.95 Å². The number of anilines is 1. The molecule has 0 spiro atoms. The SMILES string of the molecule is CCCCc1cc(=O)[nH]c(NCc2ccc3c(c2)OCO3)n1. The van der Waals surface area contributed by atoms with Crippen LogP contribution in [0.3, 0.4) is 0 Å². The molecule has 0 unspecified atom stereocenters. The van der Waals surface area contributed by atoms with E-state index in [1.54, 1.807) is 6.07 Å². The molecule has 22 heavy (non-hydrogen) atoms. The van der Waals surface area contributed by atoms with Gasteiger partial charge in [0.1, 0.15) is 0 Å². The van der Waals surface area contributed by atoms with Gasteiger partial charge in [-0.15, -0.1) is 0 Å². The number of aryl methyl sites for hydroxylation is 1. The highest BCUT2D eigenvalue weighted by Crippen LogP contribution is 2.32. The van der Waals surface area contributed by atoms with Gasteiger partial charge < -0.3 is 14.8 Å². The van der Waals surface area contributed by atoms with Gasteiger partial charge in [0, 0.05) is 18.3 Å². The van der Waals surface area contributed by atoms with Gasteiger partial charge in [-0.05, 0) is 30.5 Å². The maximum atomic E-state index is 11.7. The molecule has 6 heteroatoms. The molecular weight excluding hydrogens is 282 g/mol. The third-order valence-electron chi connectivity index (χ3n) is 3.48. The zero-order valence-electron chi connectivity index (χ0n) is 12.5. The fraction of sp³-hybridized carbons (Fsp3) is 0.375. The summed E-state index contributed by atoms with van der Waals surface area (Å²) < 4.78 is 10.6. The summed E-state index contributed by atoms with van der Waals surface area (Å²) in [5.74, 6) is 2.01. The summed E-state index contributed by atoms with van der Waals surface area (Å²) in [5, 5.41) is 3.15. The standard InChI is InChI=1S/C16H19N3O3/c1-2-3-4-12-8-15(20)19-16(18-12)17-9-11-5-6-13-14(7-11)22-10-21-13/h5-8H,2-4,9-10H2,1H3,(H2,17,18,19,20). The van der Waals surface area contributed by atoms with Crippen molar-refractivity contribution < 1.29 is 9.47 Å². The van der Waals surface area contributed by atoms with Crippen LogP contribution in [0.15, 0.2) is 29.1 Å². The molecule has 0 fully saturated rings. The monoisotopic (exact) mass is 301 g/mol. The van der Waals surface area contributed by atoms with Gasteiger partial charge in [-0.1, -0.05) is 19.4 Å². The van der Waals surface area contributed by atoms with Crippen molar-refractivity contribution in [2.75, 3.05) is 12.1 Å². The minimum absolute atomic E-state index is 0.130. The molecule has 1 aromatic carbocycles. The van der Waals surface area contributed by atoms with Crippen molar-refractivity contribution in [1.82, 2.24) is 9.97 Å². The summed E-state index contributed by atoms with van der Waals surface area (Å²) in [5.41, 5.74) is 1.72. The lowest BCUT2D eigenvalue weighted by Crippen LogP contribution is -2.14. The van der Waals surface area contributed by atoms with E-state index in [1.807, 2.05) is 18.2 Å². The number of benzene rings is 1. The van der Waals surface area contributed by atoms with Crippen LogP contribution in [0, 0.1) is 0 Å². The van der Waals surface area contributed by atoms with Crippen LogP contribution in [-0.2, 0) is 13.0 Å². The second-order valence-corrected chi connectivity index (χ2v) is 5.23. The number of nitrogens with one attached hydrogen (secondary N) is 2. The molecule has 0 amide bonds. The highest BCUT2D eigenvalue weighted by Gasteiger charge is 2.13. The summed E-state index contributed by atoms with van der Waals surface area (Å²) >= 11 is 0. The molecule has 2 aromatic rings. The fourth-order valence-corrected chi connectivity index (χ4v) is 2.31. The van der Waals surface area contributed by atoms with E-state index < -0.39 is 0 Å². The van der Waals surface area contributed by atoms with Crippen molar-refractivity contribution in [2.24, 2.45) is 0 Å². The highest BCUT2D eigenvalue weighted by atomic mass is 16.7. The molecule has 3 rings (SSSR count). The number of rotatable bonds is 6. The third-order valence-corrected chi connectivity index (χ3v) is 3.48. The lowest BCUT2D eigenvalue weighted by molar-refractivity contribution is 0.174. The molecule has 116 valence electrons. The molecule has 0 aliphatic carbocycles. The smallest absolute Gasteiger partial charge is 0.252 e. The summed E-state index contributed by atoms with van der Waals surface area (Å²) in [7, 11) is 0. The maximum Gasteiger partial charge on any atom is 0.252 e. The summed E-state index contributed by atoms with van der Waals surface area (Å²) in [4.78, 5) is 18.8. The molecular formula is C16H19N3O3. The van der Waals surface area contributed by atoms with Crippen molar-refractivity contribution in [1.29, 1.82) is 0 Å². The number of hydrogen-bond acceptors (Lipinski definition) is 5. The predicted octanol–water partition coefficient (Wildman–Crippen LogP) is 2.45. The number of aromatic nitrogens is 2. The average Bonchev–Trinajstić information content (AvgIpc) is 2.98. The molecule has 1 aliphatic heterocycles. The first-order valence-electron chi connectivity index (χ1n) is 7.47. The van der Waals surface area contributed by atoms with Crippen LogP contribution in [0.1, 0.15) is 31.0 Å². The quantitative estimate of drug-likeness (QED) is 0.857. The Bertz CT molecular complexity index is 712. The minimum Gasteiger partial charge on any atom is -0.454 e. The first-order chi connectivity index (χ1) is 10.7.